The molecular weight excluding hydrogens is 288 g/mol. The minimum absolute atomic E-state index is 0.182. The topological polar surface area (TPSA) is 42.0 Å². The Morgan fingerprint density at radius 3 is 2.88 bits per heavy atom. The molecule has 2 aromatic rings. The molecule has 0 atom stereocenters. The van der Waals surface area contributed by atoms with Gasteiger partial charge in [0.2, 0.25) is 0 Å². The van der Waals surface area contributed by atoms with Gasteiger partial charge in [-0.05, 0) is 30.7 Å². The van der Waals surface area contributed by atoms with Crippen molar-refractivity contribution >= 4 is 38.9 Å². The number of carbonyl (C=O) groups excluding carboxylic acids is 1. The molecule has 0 unspecified atom stereocenters. The van der Waals surface area contributed by atoms with Crippen molar-refractivity contribution in [3.8, 4) is 0 Å². The molecule has 1 amide bonds. The summed E-state index contributed by atoms with van der Waals surface area (Å²) < 4.78 is 0.945. The van der Waals surface area contributed by atoms with Crippen molar-refractivity contribution in [3.63, 3.8) is 0 Å². The van der Waals surface area contributed by atoms with Crippen molar-refractivity contribution in [3.05, 3.63) is 44.8 Å². The van der Waals surface area contributed by atoms with Crippen LogP contribution in [-0.2, 0) is 0 Å². The van der Waals surface area contributed by atoms with E-state index in [0.29, 0.717) is 5.69 Å². The van der Waals surface area contributed by atoms with Gasteiger partial charge < -0.3 is 5.32 Å². The number of rotatable bonds is 2. The minimum Gasteiger partial charge on any atom is -0.321 e. The van der Waals surface area contributed by atoms with Crippen LogP contribution in [0.4, 0.5) is 5.69 Å². The lowest BCUT2D eigenvalue weighted by Crippen LogP contribution is -2.12. The van der Waals surface area contributed by atoms with E-state index in [1.54, 1.807) is 10.9 Å². The summed E-state index contributed by atoms with van der Waals surface area (Å²) >= 11 is 4.79. The first-order chi connectivity index (χ1) is 7.65. The van der Waals surface area contributed by atoms with Gasteiger partial charge in [0.05, 0.1) is 5.51 Å². The monoisotopic (exact) mass is 296 g/mol. The Balaban J connectivity index is 2.18. The molecular formula is C11H9BrN2OS. The molecule has 0 saturated carbocycles. The first-order valence-corrected chi connectivity index (χ1v) is 6.35. The highest BCUT2D eigenvalue weighted by Gasteiger charge is 2.08. The third-order valence-corrected chi connectivity index (χ3v) is 3.01. The summed E-state index contributed by atoms with van der Waals surface area (Å²) in [4.78, 5) is 15.7. The Kier molecular flexibility index (Phi) is 3.36. The molecule has 0 aliphatic carbocycles. The third kappa shape index (κ3) is 2.68. The van der Waals surface area contributed by atoms with E-state index < -0.39 is 0 Å². The zero-order valence-corrected chi connectivity index (χ0v) is 10.9. The van der Waals surface area contributed by atoms with Gasteiger partial charge in [0.15, 0.2) is 0 Å². The summed E-state index contributed by atoms with van der Waals surface area (Å²) in [5.74, 6) is -0.182. The lowest BCUT2D eigenvalue weighted by atomic mass is 10.2. The number of nitrogens with zero attached hydrogens (tertiary/aromatic N) is 1. The smallest absolute Gasteiger partial charge is 0.275 e. The van der Waals surface area contributed by atoms with Gasteiger partial charge in [0.1, 0.15) is 5.69 Å². The van der Waals surface area contributed by atoms with E-state index in [-0.39, 0.29) is 5.91 Å². The first kappa shape index (κ1) is 11.3. The maximum Gasteiger partial charge on any atom is 0.275 e. The average molecular weight is 297 g/mol. The second-order valence-electron chi connectivity index (χ2n) is 3.35. The molecule has 1 heterocycles. The van der Waals surface area contributed by atoms with Crippen LogP contribution in [0.1, 0.15) is 16.1 Å². The zero-order valence-electron chi connectivity index (χ0n) is 8.53. The molecule has 0 fully saturated rings. The van der Waals surface area contributed by atoms with E-state index in [9.17, 15) is 4.79 Å². The van der Waals surface area contributed by atoms with E-state index in [2.05, 4.69) is 26.2 Å². The molecule has 16 heavy (non-hydrogen) atoms. The summed E-state index contributed by atoms with van der Waals surface area (Å²) in [7, 11) is 0. The predicted molar refractivity (Wildman–Crippen MR) is 68.9 cm³/mol. The fourth-order valence-electron chi connectivity index (χ4n) is 1.33. The van der Waals surface area contributed by atoms with E-state index in [4.69, 9.17) is 0 Å². The predicted octanol–water partition coefficient (Wildman–Crippen LogP) is 3.47. The summed E-state index contributed by atoms with van der Waals surface area (Å²) in [5.41, 5.74) is 3.94. The van der Waals surface area contributed by atoms with Crippen LogP contribution in [0.25, 0.3) is 0 Å². The highest BCUT2D eigenvalue weighted by Crippen LogP contribution is 2.19. The Morgan fingerprint density at radius 1 is 1.44 bits per heavy atom. The number of halogens is 1. The molecule has 0 bridgehead atoms. The van der Waals surface area contributed by atoms with Crippen LogP contribution in [0.15, 0.2) is 33.6 Å². The number of amides is 1. The molecule has 1 N–H and O–H groups in total. The zero-order chi connectivity index (χ0) is 11.5. The van der Waals surface area contributed by atoms with Crippen LogP contribution >= 0.6 is 27.3 Å². The van der Waals surface area contributed by atoms with Crippen molar-refractivity contribution in [2.24, 2.45) is 0 Å². The fraction of sp³-hybridized carbons (Fsp3) is 0.0909. The van der Waals surface area contributed by atoms with Crippen LogP contribution in [-0.4, -0.2) is 10.9 Å². The number of nitrogens with one attached hydrogen (secondary N) is 1. The van der Waals surface area contributed by atoms with E-state index in [1.807, 2.05) is 25.1 Å². The molecule has 2 rings (SSSR count). The number of thiazole rings is 1. The van der Waals surface area contributed by atoms with Gasteiger partial charge in [0, 0.05) is 15.5 Å². The average Bonchev–Trinajstić information content (AvgIpc) is 2.68. The SMILES string of the molecule is Cc1cc(Br)cc(NC(=O)c2cscn2)c1. The Morgan fingerprint density at radius 2 is 2.25 bits per heavy atom. The highest BCUT2D eigenvalue weighted by atomic mass is 79.9. The number of carbonyl (C=O) groups is 1. The van der Waals surface area contributed by atoms with Crippen molar-refractivity contribution in [1.29, 1.82) is 0 Å². The highest BCUT2D eigenvalue weighted by molar-refractivity contribution is 9.10. The Hall–Kier alpha value is -1.20. The van der Waals surface area contributed by atoms with E-state index in [0.717, 1.165) is 15.7 Å². The maximum absolute atomic E-state index is 11.7. The standard InChI is InChI=1S/C11H9BrN2OS/c1-7-2-8(12)4-9(3-7)14-11(15)10-5-16-6-13-10/h2-6H,1H3,(H,14,15). The molecule has 3 nitrogen and oxygen atoms in total. The molecule has 1 aromatic carbocycles. The van der Waals surface area contributed by atoms with Gasteiger partial charge in [-0.15, -0.1) is 11.3 Å². The summed E-state index contributed by atoms with van der Waals surface area (Å²) in [6.07, 6.45) is 0. The van der Waals surface area contributed by atoms with Crippen molar-refractivity contribution in [2.75, 3.05) is 5.32 Å². The summed E-state index contributed by atoms with van der Waals surface area (Å²) in [6, 6.07) is 5.75. The van der Waals surface area contributed by atoms with Crippen LogP contribution in [0.5, 0.6) is 0 Å². The second-order valence-corrected chi connectivity index (χ2v) is 4.98. The van der Waals surface area contributed by atoms with E-state index >= 15 is 0 Å². The molecule has 0 aliphatic rings. The minimum atomic E-state index is -0.182. The second kappa shape index (κ2) is 4.76. The summed E-state index contributed by atoms with van der Waals surface area (Å²) in [6.45, 7) is 1.98. The molecule has 0 saturated heterocycles. The van der Waals surface area contributed by atoms with Crippen molar-refractivity contribution in [1.82, 2.24) is 4.98 Å². The van der Waals surface area contributed by atoms with Crippen LogP contribution in [0.2, 0.25) is 0 Å². The quantitative estimate of drug-likeness (QED) is 0.922. The summed E-state index contributed by atoms with van der Waals surface area (Å²) in [5, 5.41) is 4.52. The van der Waals surface area contributed by atoms with Crippen LogP contribution in [0, 0.1) is 6.92 Å². The van der Waals surface area contributed by atoms with Crippen molar-refractivity contribution < 1.29 is 4.79 Å². The first-order valence-electron chi connectivity index (χ1n) is 4.62. The number of aromatic nitrogens is 1. The number of benzene rings is 1. The Labute approximate surface area is 106 Å². The molecule has 0 spiro atoms. The fourth-order valence-corrected chi connectivity index (χ4v) is 2.47. The number of hydrogen-bond acceptors (Lipinski definition) is 3. The molecule has 5 heteroatoms. The lowest BCUT2D eigenvalue weighted by molar-refractivity contribution is 0.102. The lowest BCUT2D eigenvalue weighted by Gasteiger charge is -2.05. The number of anilines is 1. The molecule has 82 valence electrons. The van der Waals surface area contributed by atoms with Gasteiger partial charge in [-0.1, -0.05) is 15.9 Å². The molecule has 1 aromatic heterocycles. The van der Waals surface area contributed by atoms with Gasteiger partial charge in [-0.3, -0.25) is 4.79 Å². The maximum atomic E-state index is 11.7. The largest absolute Gasteiger partial charge is 0.321 e. The van der Waals surface area contributed by atoms with Gasteiger partial charge in [-0.25, -0.2) is 4.98 Å². The number of aryl methyl sites for hydroxylation is 1. The van der Waals surface area contributed by atoms with Crippen LogP contribution in [0.3, 0.4) is 0 Å². The van der Waals surface area contributed by atoms with Crippen LogP contribution < -0.4 is 5.32 Å². The molecule has 0 radical (unpaired) electrons. The molecule has 0 aliphatic heterocycles. The Bertz CT molecular complexity index is 490. The third-order valence-electron chi connectivity index (χ3n) is 1.96. The van der Waals surface area contributed by atoms with E-state index in [1.165, 1.54) is 11.3 Å². The van der Waals surface area contributed by atoms with Gasteiger partial charge in [0.25, 0.3) is 5.91 Å². The number of hydrogen-bond donors (Lipinski definition) is 1. The van der Waals surface area contributed by atoms with Crippen molar-refractivity contribution in [2.45, 2.75) is 6.92 Å². The normalized spacial score (nSPS) is 10.1. The van der Waals surface area contributed by atoms with Gasteiger partial charge >= 0.3 is 0 Å². The van der Waals surface area contributed by atoms with Gasteiger partial charge in [-0.2, -0.15) is 0 Å².